The third-order valence-electron chi connectivity index (χ3n) is 4.18. The zero-order chi connectivity index (χ0) is 14.7. The number of nitrogens with zero attached hydrogens (tertiary/aromatic N) is 2. The summed E-state index contributed by atoms with van der Waals surface area (Å²) < 4.78 is 0. The Hall–Kier alpha value is -1.59. The van der Waals surface area contributed by atoms with Crippen molar-refractivity contribution >= 4 is 29.9 Å². The number of aryl methyl sites for hydroxylation is 1. The Morgan fingerprint density at radius 1 is 1.14 bits per heavy atom. The topological polar surface area (TPSA) is 52.7 Å². The number of para-hydroxylation sites is 1. The first-order valence-electron chi connectivity index (χ1n) is 7.62. The Morgan fingerprint density at radius 2 is 1.95 bits per heavy atom. The first-order chi connectivity index (χ1) is 10.3. The molecule has 2 heterocycles. The van der Waals surface area contributed by atoms with Crippen molar-refractivity contribution in [2.24, 2.45) is 0 Å². The molecule has 0 bridgehead atoms. The van der Waals surface area contributed by atoms with Crippen LogP contribution in [0.4, 0.5) is 5.69 Å². The molecule has 1 aromatic carbocycles. The summed E-state index contributed by atoms with van der Waals surface area (Å²) in [5, 5.41) is 3.29. The third-order valence-corrected chi connectivity index (χ3v) is 4.18. The summed E-state index contributed by atoms with van der Waals surface area (Å²) in [6.45, 7) is 3.44. The molecular weight excluding hydrogens is 302 g/mol. The molecule has 0 radical (unpaired) electrons. The summed E-state index contributed by atoms with van der Waals surface area (Å²) in [7, 11) is 0. The smallest absolute Gasteiger partial charge is 0.242 e. The van der Waals surface area contributed by atoms with E-state index in [-0.39, 0.29) is 30.8 Å². The number of fused-ring (bicyclic) bond motifs is 1. The second-order valence-corrected chi connectivity index (χ2v) is 5.59. The standard InChI is InChI=1S/C16H21N3O2.ClH/c20-15-7-6-13-4-1-2-5-14(13)19(15)12-16(21)18-10-3-8-17-9-11-18;/h1-2,4-5,17H,3,6-12H2;1H. The summed E-state index contributed by atoms with van der Waals surface area (Å²) >= 11 is 0. The van der Waals surface area contributed by atoms with Gasteiger partial charge in [-0.2, -0.15) is 0 Å². The predicted molar refractivity (Wildman–Crippen MR) is 88.4 cm³/mol. The summed E-state index contributed by atoms with van der Waals surface area (Å²) in [4.78, 5) is 28.2. The van der Waals surface area contributed by atoms with Gasteiger partial charge in [0, 0.05) is 31.7 Å². The molecule has 2 aliphatic rings. The molecule has 3 rings (SSSR count). The Labute approximate surface area is 137 Å². The molecule has 1 fully saturated rings. The fraction of sp³-hybridized carbons (Fsp3) is 0.500. The lowest BCUT2D eigenvalue weighted by atomic mass is 10.0. The minimum absolute atomic E-state index is 0. The first-order valence-corrected chi connectivity index (χ1v) is 7.62. The molecule has 120 valence electrons. The van der Waals surface area contributed by atoms with Crippen LogP contribution in [0.1, 0.15) is 18.4 Å². The monoisotopic (exact) mass is 323 g/mol. The minimum atomic E-state index is 0. The van der Waals surface area contributed by atoms with Crippen LogP contribution in [0.15, 0.2) is 24.3 Å². The van der Waals surface area contributed by atoms with Gasteiger partial charge in [0.05, 0.1) is 0 Å². The summed E-state index contributed by atoms with van der Waals surface area (Å²) in [5.74, 6) is 0.0961. The number of anilines is 1. The predicted octanol–water partition coefficient (Wildman–Crippen LogP) is 1.21. The highest BCUT2D eigenvalue weighted by Crippen LogP contribution is 2.27. The average Bonchev–Trinajstić information content (AvgIpc) is 2.79. The van der Waals surface area contributed by atoms with Crippen LogP contribution in [0.5, 0.6) is 0 Å². The van der Waals surface area contributed by atoms with Crippen molar-refractivity contribution in [1.29, 1.82) is 0 Å². The molecule has 2 amide bonds. The van der Waals surface area contributed by atoms with Crippen molar-refractivity contribution in [2.45, 2.75) is 19.3 Å². The van der Waals surface area contributed by atoms with E-state index in [1.54, 1.807) is 4.90 Å². The molecule has 6 heteroatoms. The van der Waals surface area contributed by atoms with E-state index in [1.807, 2.05) is 29.2 Å². The van der Waals surface area contributed by atoms with E-state index < -0.39 is 0 Å². The van der Waals surface area contributed by atoms with Gasteiger partial charge >= 0.3 is 0 Å². The highest BCUT2D eigenvalue weighted by molar-refractivity contribution is 6.01. The molecular formula is C16H22ClN3O2. The van der Waals surface area contributed by atoms with E-state index in [1.165, 1.54) is 0 Å². The van der Waals surface area contributed by atoms with Crippen LogP contribution in [0.25, 0.3) is 0 Å². The Morgan fingerprint density at radius 3 is 2.82 bits per heavy atom. The lowest BCUT2D eigenvalue weighted by Gasteiger charge is -2.31. The molecule has 1 aromatic rings. The average molecular weight is 324 g/mol. The summed E-state index contributed by atoms with van der Waals surface area (Å²) in [6.07, 6.45) is 2.23. The van der Waals surface area contributed by atoms with Crippen LogP contribution in [0.3, 0.4) is 0 Å². The van der Waals surface area contributed by atoms with Gasteiger partial charge < -0.3 is 15.1 Å². The maximum Gasteiger partial charge on any atom is 0.242 e. The molecule has 0 unspecified atom stereocenters. The maximum atomic E-state index is 12.5. The van der Waals surface area contributed by atoms with Gasteiger partial charge in [0.25, 0.3) is 0 Å². The Balaban J connectivity index is 0.00000176. The lowest BCUT2D eigenvalue weighted by molar-refractivity contribution is -0.131. The van der Waals surface area contributed by atoms with E-state index in [0.717, 1.165) is 50.3 Å². The summed E-state index contributed by atoms with van der Waals surface area (Å²) in [5.41, 5.74) is 2.05. The van der Waals surface area contributed by atoms with Crippen molar-refractivity contribution in [3.05, 3.63) is 29.8 Å². The Kier molecular flexibility index (Phi) is 5.80. The van der Waals surface area contributed by atoms with Crippen molar-refractivity contribution in [1.82, 2.24) is 10.2 Å². The molecule has 0 spiro atoms. The highest BCUT2D eigenvalue weighted by atomic mass is 35.5. The van der Waals surface area contributed by atoms with Crippen molar-refractivity contribution < 1.29 is 9.59 Å². The van der Waals surface area contributed by atoms with Crippen LogP contribution in [-0.4, -0.2) is 49.4 Å². The fourth-order valence-electron chi connectivity index (χ4n) is 3.00. The minimum Gasteiger partial charge on any atom is -0.340 e. The number of nitrogens with one attached hydrogen (secondary N) is 1. The number of amides is 2. The van der Waals surface area contributed by atoms with Crippen LogP contribution in [-0.2, 0) is 16.0 Å². The molecule has 2 aliphatic heterocycles. The fourth-order valence-corrected chi connectivity index (χ4v) is 3.00. The van der Waals surface area contributed by atoms with Gasteiger partial charge in [-0.25, -0.2) is 0 Å². The lowest BCUT2D eigenvalue weighted by Crippen LogP contribution is -2.45. The highest BCUT2D eigenvalue weighted by Gasteiger charge is 2.27. The molecule has 0 aliphatic carbocycles. The molecule has 0 atom stereocenters. The third kappa shape index (κ3) is 3.59. The van der Waals surface area contributed by atoms with E-state index in [0.29, 0.717) is 6.42 Å². The normalized spacial score (nSPS) is 18.3. The zero-order valence-corrected chi connectivity index (χ0v) is 13.4. The van der Waals surface area contributed by atoms with Crippen LogP contribution in [0, 0.1) is 0 Å². The van der Waals surface area contributed by atoms with Gasteiger partial charge in [0.15, 0.2) is 0 Å². The van der Waals surface area contributed by atoms with Crippen molar-refractivity contribution in [3.8, 4) is 0 Å². The number of halogens is 1. The van der Waals surface area contributed by atoms with Gasteiger partial charge in [-0.15, -0.1) is 12.4 Å². The van der Waals surface area contributed by atoms with E-state index in [2.05, 4.69) is 5.32 Å². The number of carbonyl (C=O) groups excluding carboxylic acids is 2. The number of benzene rings is 1. The largest absolute Gasteiger partial charge is 0.340 e. The molecule has 0 saturated carbocycles. The first kappa shape index (κ1) is 16.8. The van der Waals surface area contributed by atoms with E-state index in [4.69, 9.17) is 0 Å². The number of carbonyl (C=O) groups is 2. The van der Waals surface area contributed by atoms with Gasteiger partial charge in [-0.3, -0.25) is 9.59 Å². The van der Waals surface area contributed by atoms with Gasteiger partial charge in [-0.05, 0) is 31.0 Å². The number of hydrogen-bond donors (Lipinski definition) is 1. The molecule has 1 saturated heterocycles. The number of rotatable bonds is 2. The van der Waals surface area contributed by atoms with Gasteiger partial charge in [0.2, 0.25) is 11.8 Å². The second-order valence-electron chi connectivity index (χ2n) is 5.59. The van der Waals surface area contributed by atoms with E-state index in [9.17, 15) is 9.59 Å². The van der Waals surface area contributed by atoms with Gasteiger partial charge in [0.1, 0.15) is 6.54 Å². The van der Waals surface area contributed by atoms with Crippen molar-refractivity contribution in [2.75, 3.05) is 37.6 Å². The number of hydrogen-bond acceptors (Lipinski definition) is 3. The molecule has 0 aromatic heterocycles. The van der Waals surface area contributed by atoms with Crippen molar-refractivity contribution in [3.63, 3.8) is 0 Å². The molecule has 22 heavy (non-hydrogen) atoms. The second kappa shape index (κ2) is 7.61. The van der Waals surface area contributed by atoms with Crippen LogP contribution >= 0.6 is 12.4 Å². The SMILES string of the molecule is Cl.O=C(CN1C(=O)CCc2ccccc21)N1CCCNCC1. The molecule has 5 nitrogen and oxygen atoms in total. The Bertz CT molecular complexity index is 542. The van der Waals surface area contributed by atoms with Crippen LogP contribution < -0.4 is 10.2 Å². The quantitative estimate of drug-likeness (QED) is 0.890. The van der Waals surface area contributed by atoms with E-state index >= 15 is 0 Å². The molecule has 1 N–H and O–H groups in total. The maximum absolute atomic E-state index is 12.5. The van der Waals surface area contributed by atoms with Gasteiger partial charge in [-0.1, -0.05) is 18.2 Å². The zero-order valence-electron chi connectivity index (χ0n) is 12.6. The van der Waals surface area contributed by atoms with Crippen LogP contribution in [0.2, 0.25) is 0 Å². The summed E-state index contributed by atoms with van der Waals surface area (Å²) in [6, 6.07) is 7.87.